The summed E-state index contributed by atoms with van der Waals surface area (Å²) in [4.78, 5) is 15.5. The molecular formula is C22H30N4O2S. The van der Waals surface area contributed by atoms with Gasteiger partial charge in [-0.3, -0.25) is 4.79 Å². The summed E-state index contributed by atoms with van der Waals surface area (Å²) >= 11 is 1.61. The number of rotatable bonds is 7. The highest BCUT2D eigenvalue weighted by Gasteiger charge is 2.25. The third-order valence-electron chi connectivity index (χ3n) is 5.16. The molecule has 2 heterocycles. The molecule has 0 spiro atoms. The van der Waals surface area contributed by atoms with Gasteiger partial charge in [0.2, 0.25) is 5.91 Å². The van der Waals surface area contributed by atoms with Gasteiger partial charge in [0.25, 0.3) is 0 Å². The van der Waals surface area contributed by atoms with Crippen LogP contribution in [0.25, 0.3) is 0 Å². The monoisotopic (exact) mass is 414 g/mol. The molecule has 29 heavy (non-hydrogen) atoms. The van der Waals surface area contributed by atoms with Gasteiger partial charge in [-0.1, -0.05) is 37.7 Å². The molecule has 1 atom stereocenters. The second-order valence-electron chi connectivity index (χ2n) is 7.91. The molecule has 0 aliphatic carbocycles. The van der Waals surface area contributed by atoms with Gasteiger partial charge in [-0.15, -0.1) is 10.2 Å². The number of hydrogen-bond donors (Lipinski definition) is 2. The number of nitrogens with one attached hydrogen (secondary N) is 1. The summed E-state index contributed by atoms with van der Waals surface area (Å²) in [7, 11) is 0. The lowest BCUT2D eigenvalue weighted by molar-refractivity contribution is -0.126. The van der Waals surface area contributed by atoms with E-state index in [9.17, 15) is 9.90 Å². The van der Waals surface area contributed by atoms with Crippen LogP contribution < -0.4 is 10.2 Å². The molecular weight excluding hydrogens is 384 g/mol. The largest absolute Gasteiger partial charge is 0.392 e. The van der Waals surface area contributed by atoms with Crippen molar-refractivity contribution in [3.63, 3.8) is 0 Å². The first-order valence-corrected chi connectivity index (χ1v) is 11.1. The summed E-state index contributed by atoms with van der Waals surface area (Å²) in [5, 5.41) is 21.8. The molecule has 1 aromatic carbocycles. The highest BCUT2D eigenvalue weighted by Crippen LogP contribution is 2.28. The van der Waals surface area contributed by atoms with Gasteiger partial charge >= 0.3 is 0 Å². The van der Waals surface area contributed by atoms with E-state index in [0.29, 0.717) is 12.5 Å². The smallest absolute Gasteiger partial charge is 0.223 e. The Morgan fingerprint density at radius 2 is 1.83 bits per heavy atom. The van der Waals surface area contributed by atoms with Crippen LogP contribution in [0.1, 0.15) is 45.1 Å². The summed E-state index contributed by atoms with van der Waals surface area (Å²) in [5.41, 5.74) is 1.33. The first kappa shape index (κ1) is 21.6. The van der Waals surface area contributed by atoms with Crippen LogP contribution in [0.2, 0.25) is 0 Å². The number of anilines is 1. The summed E-state index contributed by atoms with van der Waals surface area (Å²) < 4.78 is 0. The molecule has 1 aromatic heterocycles. The van der Waals surface area contributed by atoms with Gasteiger partial charge in [0.05, 0.1) is 6.10 Å². The summed E-state index contributed by atoms with van der Waals surface area (Å²) in [6.07, 6.45) is 1.05. The van der Waals surface area contributed by atoms with Gasteiger partial charge in [0.15, 0.2) is 5.82 Å². The van der Waals surface area contributed by atoms with Crippen LogP contribution in [-0.4, -0.2) is 46.9 Å². The van der Waals surface area contributed by atoms with Gasteiger partial charge in [-0.25, -0.2) is 0 Å². The molecule has 1 fully saturated rings. The van der Waals surface area contributed by atoms with Crippen LogP contribution in [0.15, 0.2) is 46.3 Å². The van der Waals surface area contributed by atoms with Crippen molar-refractivity contribution in [1.29, 1.82) is 0 Å². The number of carbonyl (C=O) groups is 1. The van der Waals surface area contributed by atoms with Crippen LogP contribution in [0, 0.1) is 5.92 Å². The van der Waals surface area contributed by atoms with Crippen molar-refractivity contribution in [3.05, 3.63) is 42.0 Å². The Bertz CT molecular complexity index is 785. The molecule has 156 valence electrons. The van der Waals surface area contributed by atoms with E-state index >= 15 is 0 Å². The number of hydrogen-bond acceptors (Lipinski definition) is 6. The highest BCUT2D eigenvalue weighted by atomic mass is 32.2. The van der Waals surface area contributed by atoms with Crippen LogP contribution in [-0.2, 0) is 4.79 Å². The van der Waals surface area contributed by atoms with Crippen molar-refractivity contribution in [3.8, 4) is 0 Å². The number of benzene rings is 1. The van der Waals surface area contributed by atoms with Gasteiger partial charge in [0, 0.05) is 30.4 Å². The number of aliphatic hydroxyl groups excluding tert-OH is 1. The van der Waals surface area contributed by atoms with E-state index in [0.717, 1.165) is 41.7 Å². The van der Waals surface area contributed by atoms with E-state index in [4.69, 9.17) is 0 Å². The lowest BCUT2D eigenvalue weighted by Crippen LogP contribution is -2.42. The first-order valence-electron chi connectivity index (χ1n) is 10.2. The van der Waals surface area contributed by atoms with E-state index in [1.165, 1.54) is 5.56 Å². The predicted octanol–water partition coefficient (Wildman–Crippen LogP) is 3.46. The third kappa shape index (κ3) is 6.18. The van der Waals surface area contributed by atoms with Gasteiger partial charge < -0.3 is 15.3 Å². The van der Waals surface area contributed by atoms with Crippen LogP contribution in [0.4, 0.5) is 5.82 Å². The van der Waals surface area contributed by atoms with E-state index in [2.05, 4.69) is 58.5 Å². The minimum absolute atomic E-state index is 0.00148. The maximum absolute atomic E-state index is 12.2. The zero-order chi connectivity index (χ0) is 20.8. The lowest BCUT2D eigenvalue weighted by atomic mass is 9.96. The van der Waals surface area contributed by atoms with Gasteiger partial charge in [0.1, 0.15) is 5.03 Å². The molecule has 7 heteroatoms. The maximum Gasteiger partial charge on any atom is 0.223 e. The normalized spacial score (nSPS) is 16.1. The molecule has 6 nitrogen and oxygen atoms in total. The molecule has 1 aliphatic rings. The van der Waals surface area contributed by atoms with E-state index in [1.807, 2.05) is 12.1 Å². The molecule has 1 amide bonds. The first-order chi connectivity index (χ1) is 13.9. The number of aromatic nitrogens is 2. The fourth-order valence-electron chi connectivity index (χ4n) is 3.34. The Balaban J connectivity index is 1.51. The number of amides is 1. The zero-order valence-electron chi connectivity index (χ0n) is 17.3. The molecule has 0 bridgehead atoms. The number of piperidine rings is 1. The van der Waals surface area contributed by atoms with Crippen molar-refractivity contribution in [2.45, 2.75) is 55.6 Å². The van der Waals surface area contributed by atoms with Crippen LogP contribution in [0.3, 0.4) is 0 Å². The van der Waals surface area contributed by atoms with E-state index in [1.54, 1.807) is 18.7 Å². The molecule has 2 N–H and O–H groups in total. The Labute approximate surface area is 177 Å². The minimum atomic E-state index is -0.515. The summed E-state index contributed by atoms with van der Waals surface area (Å²) in [6.45, 7) is 7.93. The predicted molar refractivity (Wildman–Crippen MR) is 116 cm³/mol. The maximum atomic E-state index is 12.2. The third-order valence-corrected chi connectivity index (χ3v) is 6.09. The van der Waals surface area contributed by atoms with Crippen molar-refractivity contribution in [2.75, 3.05) is 24.5 Å². The molecule has 1 aliphatic heterocycles. The number of nitrogens with zero attached hydrogens (tertiary/aromatic N) is 3. The summed E-state index contributed by atoms with van der Waals surface area (Å²) in [6, 6.07) is 12.6. The topological polar surface area (TPSA) is 78.4 Å². The van der Waals surface area contributed by atoms with Crippen molar-refractivity contribution < 1.29 is 9.90 Å². The molecule has 1 saturated heterocycles. The van der Waals surface area contributed by atoms with Crippen molar-refractivity contribution in [2.24, 2.45) is 5.92 Å². The molecule has 0 unspecified atom stereocenters. The Kier molecular flexibility index (Phi) is 7.50. The van der Waals surface area contributed by atoms with Gasteiger partial charge in [-0.2, -0.15) is 0 Å². The Hall–Kier alpha value is -2.12. The standard InChI is InChI=1S/C22H30N4O2S/c1-15(2)17-4-6-19(7-5-17)29-21-9-8-20(24-25-21)26-12-10-18(11-13-26)22(28)23-14-16(3)27/h4-9,15-16,18,27H,10-14H2,1-3H3,(H,23,28)/t16-/m1/s1. The van der Waals surface area contributed by atoms with E-state index < -0.39 is 6.10 Å². The molecule has 0 saturated carbocycles. The quantitative estimate of drug-likeness (QED) is 0.722. The highest BCUT2D eigenvalue weighted by molar-refractivity contribution is 7.99. The van der Waals surface area contributed by atoms with Gasteiger partial charge in [-0.05, 0) is 55.5 Å². The van der Waals surface area contributed by atoms with Crippen molar-refractivity contribution >= 4 is 23.5 Å². The second-order valence-corrected chi connectivity index (χ2v) is 9.00. The average molecular weight is 415 g/mol. The average Bonchev–Trinajstić information content (AvgIpc) is 2.73. The lowest BCUT2D eigenvalue weighted by Gasteiger charge is -2.31. The Morgan fingerprint density at radius 1 is 1.14 bits per heavy atom. The zero-order valence-corrected chi connectivity index (χ0v) is 18.2. The summed E-state index contributed by atoms with van der Waals surface area (Å²) in [5.74, 6) is 1.42. The van der Waals surface area contributed by atoms with Crippen molar-refractivity contribution in [1.82, 2.24) is 15.5 Å². The SMILES string of the molecule is CC(C)c1ccc(Sc2ccc(N3CCC(C(=O)NC[C@@H](C)O)CC3)nn2)cc1. The molecule has 2 aromatic rings. The van der Waals surface area contributed by atoms with Crippen LogP contribution >= 0.6 is 11.8 Å². The number of carbonyl (C=O) groups excluding carboxylic acids is 1. The van der Waals surface area contributed by atoms with E-state index in [-0.39, 0.29) is 11.8 Å². The second kappa shape index (κ2) is 10.1. The van der Waals surface area contributed by atoms with Crippen LogP contribution in [0.5, 0.6) is 0 Å². The minimum Gasteiger partial charge on any atom is -0.392 e. The number of aliphatic hydroxyl groups is 1. The fraction of sp³-hybridized carbons (Fsp3) is 0.500. The Morgan fingerprint density at radius 3 is 2.38 bits per heavy atom. The molecule has 3 rings (SSSR count). The fourth-order valence-corrected chi connectivity index (χ4v) is 4.07. The molecule has 0 radical (unpaired) electrons.